The van der Waals surface area contributed by atoms with Crippen molar-refractivity contribution in [1.82, 2.24) is 0 Å². The van der Waals surface area contributed by atoms with Crippen LogP contribution in [0, 0.1) is 0 Å². The van der Waals surface area contributed by atoms with Gasteiger partial charge < -0.3 is 18.9 Å². The Labute approximate surface area is 97.0 Å². The molecule has 0 aromatic rings. The van der Waals surface area contributed by atoms with Gasteiger partial charge in [0.15, 0.2) is 0 Å². The van der Waals surface area contributed by atoms with Gasteiger partial charge in [0, 0.05) is 13.0 Å². The van der Waals surface area contributed by atoms with Gasteiger partial charge in [-0.15, -0.1) is 0 Å². The molecule has 0 bridgehead atoms. The molecule has 0 aromatic carbocycles. The molecule has 0 aliphatic heterocycles. The lowest BCUT2D eigenvalue weighted by Gasteiger charge is -2.06. The Balaban J connectivity index is 2.96. The summed E-state index contributed by atoms with van der Waals surface area (Å²) in [5.74, 6) is -0.198. The van der Waals surface area contributed by atoms with Gasteiger partial charge in [-0.25, -0.2) is 0 Å². The molecule has 0 aliphatic carbocycles. The minimum Gasteiger partial charge on any atom is -0.463 e. The van der Waals surface area contributed by atoms with Gasteiger partial charge in [0.25, 0.3) is 0 Å². The number of hydrogen-bond acceptors (Lipinski definition) is 5. The lowest BCUT2D eigenvalue weighted by molar-refractivity contribution is -0.144. The van der Waals surface area contributed by atoms with Crippen LogP contribution < -0.4 is 0 Å². The van der Waals surface area contributed by atoms with Crippen LogP contribution in [0.4, 0.5) is 0 Å². The Morgan fingerprint density at radius 1 is 0.812 bits per heavy atom. The summed E-state index contributed by atoms with van der Waals surface area (Å²) in [5, 5.41) is 0. The molecule has 0 fully saturated rings. The maximum absolute atomic E-state index is 10.7. The molecule has 0 aliphatic rings. The first-order chi connectivity index (χ1) is 7.81. The Bertz CT molecular complexity index is 160. The molecule has 0 rings (SSSR count). The van der Waals surface area contributed by atoms with Crippen molar-refractivity contribution in [3.63, 3.8) is 0 Å². The predicted molar refractivity (Wildman–Crippen MR) is 59.4 cm³/mol. The third kappa shape index (κ3) is 11.4. The summed E-state index contributed by atoms with van der Waals surface area (Å²) in [7, 11) is 0. The maximum Gasteiger partial charge on any atom is 0.305 e. The van der Waals surface area contributed by atoms with Gasteiger partial charge in [-0.05, 0) is 6.92 Å². The second-order valence-corrected chi connectivity index (χ2v) is 3.00. The van der Waals surface area contributed by atoms with E-state index in [0.29, 0.717) is 52.7 Å². The van der Waals surface area contributed by atoms with Crippen molar-refractivity contribution >= 4 is 5.97 Å². The molecule has 0 N–H and O–H groups in total. The van der Waals surface area contributed by atoms with Gasteiger partial charge in [0.05, 0.1) is 33.0 Å². The first-order valence-corrected chi connectivity index (χ1v) is 5.70. The fourth-order valence-corrected chi connectivity index (χ4v) is 0.901. The van der Waals surface area contributed by atoms with Crippen molar-refractivity contribution < 1.29 is 23.7 Å². The molecule has 5 nitrogen and oxygen atoms in total. The molecule has 0 unspecified atom stereocenters. The van der Waals surface area contributed by atoms with Gasteiger partial charge in [0.2, 0.25) is 0 Å². The molecule has 0 atom stereocenters. The van der Waals surface area contributed by atoms with Crippen LogP contribution in [0.15, 0.2) is 0 Å². The zero-order chi connectivity index (χ0) is 12.1. The zero-order valence-corrected chi connectivity index (χ0v) is 10.2. The summed E-state index contributed by atoms with van der Waals surface area (Å²) in [6.45, 7) is 7.39. The minimum atomic E-state index is -0.198. The average Bonchev–Trinajstić information content (AvgIpc) is 2.31. The number of ether oxygens (including phenoxy) is 4. The molecule has 5 heteroatoms. The smallest absolute Gasteiger partial charge is 0.305 e. The highest BCUT2D eigenvalue weighted by atomic mass is 16.6. The van der Waals surface area contributed by atoms with Crippen LogP contribution in [0.1, 0.15) is 20.3 Å². The van der Waals surface area contributed by atoms with Crippen LogP contribution in [-0.4, -0.2) is 52.2 Å². The number of esters is 1. The normalized spacial score (nSPS) is 10.4. The van der Waals surface area contributed by atoms with E-state index in [1.165, 1.54) is 0 Å². The van der Waals surface area contributed by atoms with Crippen molar-refractivity contribution in [1.29, 1.82) is 0 Å². The molecule has 0 radical (unpaired) electrons. The third-order valence-corrected chi connectivity index (χ3v) is 1.73. The first-order valence-electron chi connectivity index (χ1n) is 5.70. The molecule has 0 spiro atoms. The fourth-order valence-electron chi connectivity index (χ4n) is 0.901. The first kappa shape index (κ1) is 15.3. The van der Waals surface area contributed by atoms with Gasteiger partial charge in [-0.1, -0.05) is 6.92 Å². The molecule has 0 amide bonds. The lowest BCUT2D eigenvalue weighted by atomic mass is 10.5. The molecule has 0 saturated carbocycles. The van der Waals surface area contributed by atoms with E-state index in [2.05, 4.69) is 0 Å². The number of rotatable bonds is 11. The molecular formula is C11H22O5. The Morgan fingerprint density at radius 2 is 1.31 bits per heavy atom. The average molecular weight is 234 g/mol. The van der Waals surface area contributed by atoms with Crippen LogP contribution in [0.2, 0.25) is 0 Å². The lowest BCUT2D eigenvalue weighted by Crippen LogP contribution is -2.13. The standard InChI is InChI=1S/C11H22O5/c1-3-11(12)16-10-9-15-8-7-14-6-5-13-4-2/h3-10H2,1-2H3. The quantitative estimate of drug-likeness (QED) is 0.394. The van der Waals surface area contributed by atoms with E-state index in [9.17, 15) is 4.79 Å². The molecule has 0 saturated heterocycles. The highest BCUT2D eigenvalue weighted by Crippen LogP contribution is 1.85. The van der Waals surface area contributed by atoms with Crippen LogP contribution in [0.5, 0.6) is 0 Å². The van der Waals surface area contributed by atoms with E-state index in [1.54, 1.807) is 6.92 Å². The summed E-state index contributed by atoms with van der Waals surface area (Å²) >= 11 is 0. The summed E-state index contributed by atoms with van der Waals surface area (Å²) < 4.78 is 20.3. The molecule has 96 valence electrons. The van der Waals surface area contributed by atoms with Gasteiger partial charge in [-0.3, -0.25) is 4.79 Å². The Morgan fingerprint density at radius 3 is 1.81 bits per heavy atom. The summed E-state index contributed by atoms with van der Waals surface area (Å²) in [6.07, 6.45) is 0.403. The van der Waals surface area contributed by atoms with Crippen LogP contribution >= 0.6 is 0 Å². The van der Waals surface area contributed by atoms with E-state index in [-0.39, 0.29) is 5.97 Å². The van der Waals surface area contributed by atoms with E-state index in [0.717, 1.165) is 0 Å². The maximum atomic E-state index is 10.7. The van der Waals surface area contributed by atoms with Crippen LogP contribution in [0.25, 0.3) is 0 Å². The largest absolute Gasteiger partial charge is 0.463 e. The van der Waals surface area contributed by atoms with E-state index >= 15 is 0 Å². The molecule has 16 heavy (non-hydrogen) atoms. The van der Waals surface area contributed by atoms with Gasteiger partial charge in [0.1, 0.15) is 6.61 Å². The highest BCUT2D eigenvalue weighted by molar-refractivity contribution is 5.68. The van der Waals surface area contributed by atoms with Crippen molar-refractivity contribution in [3.05, 3.63) is 0 Å². The van der Waals surface area contributed by atoms with Crippen LogP contribution in [0.3, 0.4) is 0 Å². The van der Waals surface area contributed by atoms with Crippen molar-refractivity contribution in [2.24, 2.45) is 0 Å². The Kier molecular flexibility index (Phi) is 11.9. The number of carbonyl (C=O) groups excluding carboxylic acids is 1. The van der Waals surface area contributed by atoms with Crippen molar-refractivity contribution in [2.75, 3.05) is 46.2 Å². The number of hydrogen-bond donors (Lipinski definition) is 0. The van der Waals surface area contributed by atoms with E-state index in [1.807, 2.05) is 6.92 Å². The summed E-state index contributed by atoms with van der Waals surface area (Å²) in [4.78, 5) is 10.7. The second kappa shape index (κ2) is 12.4. The summed E-state index contributed by atoms with van der Waals surface area (Å²) in [6, 6.07) is 0. The predicted octanol–water partition coefficient (Wildman–Crippen LogP) is 1.01. The molecule has 0 heterocycles. The molecule has 0 aromatic heterocycles. The van der Waals surface area contributed by atoms with Gasteiger partial charge in [-0.2, -0.15) is 0 Å². The SMILES string of the molecule is CCOCCOCCOCCOC(=O)CC. The second-order valence-electron chi connectivity index (χ2n) is 3.00. The zero-order valence-electron chi connectivity index (χ0n) is 10.2. The third-order valence-electron chi connectivity index (χ3n) is 1.73. The summed E-state index contributed by atoms with van der Waals surface area (Å²) in [5.41, 5.74) is 0. The molecular weight excluding hydrogens is 212 g/mol. The Hall–Kier alpha value is -0.650. The number of carbonyl (C=O) groups is 1. The monoisotopic (exact) mass is 234 g/mol. The fraction of sp³-hybridized carbons (Fsp3) is 0.909. The van der Waals surface area contributed by atoms with E-state index in [4.69, 9.17) is 18.9 Å². The van der Waals surface area contributed by atoms with Crippen LogP contribution in [-0.2, 0) is 23.7 Å². The topological polar surface area (TPSA) is 54.0 Å². The van der Waals surface area contributed by atoms with Crippen molar-refractivity contribution in [3.8, 4) is 0 Å². The van der Waals surface area contributed by atoms with Gasteiger partial charge >= 0.3 is 5.97 Å². The minimum absolute atomic E-state index is 0.198. The van der Waals surface area contributed by atoms with E-state index < -0.39 is 0 Å². The highest BCUT2D eigenvalue weighted by Gasteiger charge is 1.97. The van der Waals surface area contributed by atoms with Crippen molar-refractivity contribution in [2.45, 2.75) is 20.3 Å².